The van der Waals surface area contributed by atoms with Crippen LogP contribution in [0.25, 0.3) is 0 Å². The van der Waals surface area contributed by atoms with Gasteiger partial charge in [-0.2, -0.15) is 0 Å². The van der Waals surface area contributed by atoms with Gasteiger partial charge in [-0.05, 0) is 176 Å². The van der Waals surface area contributed by atoms with E-state index in [1.807, 2.05) is 0 Å². The van der Waals surface area contributed by atoms with E-state index in [9.17, 15) is 0 Å². The van der Waals surface area contributed by atoms with Gasteiger partial charge >= 0.3 is 51.7 Å². The third-order valence-corrected chi connectivity index (χ3v) is 19.8. The van der Waals surface area contributed by atoms with Gasteiger partial charge in [0.2, 0.25) is 0 Å². The number of rotatable bonds is 0. The van der Waals surface area contributed by atoms with E-state index in [0.29, 0.717) is 0 Å². The molecular formula is C57H114Hf2. The fraction of sp³-hybridized carbons (Fsp3) is 0.860. The maximum atomic E-state index is 2.54. The van der Waals surface area contributed by atoms with E-state index in [1.165, 1.54) is 32.1 Å². The summed E-state index contributed by atoms with van der Waals surface area (Å²) in [5.41, 5.74) is 0. The molecule has 59 heavy (non-hydrogen) atoms. The molecule has 8 fully saturated rings. The first-order valence-corrected chi connectivity index (χ1v) is 23.2. The van der Waals surface area contributed by atoms with E-state index >= 15 is 0 Å². The van der Waals surface area contributed by atoms with Crippen molar-refractivity contribution in [3.63, 3.8) is 0 Å². The standard InChI is InChI=1S/C15H26.C14H24.2C10H20.8CH3.2Hf/c1-10-9-11(2)15-13(10)8-7-12-5-3-4-6-14(12)15;1-10-6-7-12-9-8-11-4-2-3-5-13(11)14(10)12;2*1-6-7(2)9(4)10(5)8(6)3;;;;;;;;;;/h10-15H,3-9H2,1-2H3;10-14H,2-9H2,1H3;2*6-10H,1-5H3;8*1H3;;/q;;;;8*-1;2*+4. The Balaban J connectivity index is -0.000000152. The molecule has 8 rings (SSSR count). The van der Waals surface area contributed by atoms with Gasteiger partial charge in [0.25, 0.3) is 0 Å². The number of hydrogen-bond acceptors (Lipinski definition) is 0. The normalized spacial score (nSPS) is 45.2. The molecule has 0 N–H and O–H groups in total. The number of hydrogen-bond donors (Lipinski definition) is 0. The Hall–Kier alpha value is 1.74. The summed E-state index contributed by atoms with van der Waals surface area (Å²) in [5.74, 6) is 21.6. The molecule has 0 bridgehead atoms. The Morgan fingerprint density at radius 3 is 0.898 bits per heavy atom. The molecule has 2 heteroatoms. The van der Waals surface area contributed by atoms with E-state index in [4.69, 9.17) is 0 Å². The summed E-state index contributed by atoms with van der Waals surface area (Å²) in [6.07, 6.45) is 23.4. The van der Waals surface area contributed by atoms with E-state index in [0.717, 1.165) is 124 Å². The molecule has 0 heterocycles. The average Bonchev–Trinajstić information content (AvgIpc) is 3.75. The van der Waals surface area contributed by atoms with Crippen LogP contribution < -0.4 is 0 Å². The van der Waals surface area contributed by atoms with Crippen LogP contribution >= 0.6 is 0 Å². The molecule has 11 unspecified atom stereocenters. The average molecular weight is 1160 g/mol. The molecule has 0 spiro atoms. The van der Waals surface area contributed by atoms with Crippen molar-refractivity contribution in [3.05, 3.63) is 59.4 Å². The topological polar surface area (TPSA) is 0 Å². The predicted molar refractivity (Wildman–Crippen MR) is 268 cm³/mol. The Bertz CT molecular complexity index is 873. The van der Waals surface area contributed by atoms with E-state index < -0.39 is 0 Å². The van der Waals surface area contributed by atoms with Crippen LogP contribution in [0, 0.1) is 184 Å². The van der Waals surface area contributed by atoms with Crippen molar-refractivity contribution in [2.45, 2.75) is 186 Å². The summed E-state index contributed by atoms with van der Waals surface area (Å²) in [7, 11) is 0. The van der Waals surface area contributed by atoms with Crippen LogP contribution in [0.3, 0.4) is 0 Å². The van der Waals surface area contributed by atoms with Crippen molar-refractivity contribution in [1.29, 1.82) is 0 Å². The molecule has 0 radical (unpaired) electrons. The fourth-order valence-electron chi connectivity index (χ4n) is 15.2. The Kier molecular flexibility index (Phi) is 39.7. The maximum Gasteiger partial charge on any atom is 4.00 e. The molecule has 8 aliphatic carbocycles. The molecule has 0 nitrogen and oxygen atoms in total. The van der Waals surface area contributed by atoms with Crippen molar-refractivity contribution in [2.75, 3.05) is 0 Å². The van der Waals surface area contributed by atoms with Crippen molar-refractivity contribution in [1.82, 2.24) is 0 Å². The zero-order chi connectivity index (χ0) is 35.7. The largest absolute Gasteiger partial charge is 4.00 e. The fourth-order valence-corrected chi connectivity index (χ4v) is 15.2. The summed E-state index contributed by atoms with van der Waals surface area (Å²) in [6, 6.07) is 0. The van der Waals surface area contributed by atoms with Gasteiger partial charge in [-0.25, -0.2) is 0 Å². The first-order valence-electron chi connectivity index (χ1n) is 23.2. The van der Waals surface area contributed by atoms with Gasteiger partial charge in [-0.1, -0.05) is 135 Å². The van der Waals surface area contributed by atoms with Crippen molar-refractivity contribution < 1.29 is 51.7 Å². The van der Waals surface area contributed by atoms with Gasteiger partial charge < -0.3 is 59.4 Å². The van der Waals surface area contributed by atoms with Crippen LogP contribution in [0.2, 0.25) is 0 Å². The van der Waals surface area contributed by atoms with Crippen LogP contribution in [0.15, 0.2) is 0 Å². The molecule has 0 aromatic carbocycles. The zero-order valence-electron chi connectivity index (χ0n) is 44.7. The predicted octanol–water partition coefficient (Wildman–Crippen LogP) is 18.7. The Morgan fingerprint density at radius 2 is 0.525 bits per heavy atom. The summed E-state index contributed by atoms with van der Waals surface area (Å²) in [5, 5.41) is 0. The first kappa shape index (κ1) is 72.3. The van der Waals surface area contributed by atoms with Gasteiger partial charge in [-0.3, -0.25) is 0 Å². The zero-order valence-corrected chi connectivity index (χ0v) is 51.9. The molecule has 0 aromatic rings. The molecule has 11 atom stereocenters. The van der Waals surface area contributed by atoms with Crippen molar-refractivity contribution in [2.24, 2.45) is 124 Å². The number of fused-ring (bicyclic) bond motifs is 6. The molecule has 0 aromatic heterocycles. The molecule has 0 saturated heterocycles. The molecule has 0 aliphatic heterocycles. The summed E-state index contributed by atoms with van der Waals surface area (Å²) in [6.45, 7) is 31.6. The van der Waals surface area contributed by atoms with Crippen molar-refractivity contribution in [3.8, 4) is 0 Å². The monoisotopic (exact) mass is 1160 g/mol. The van der Waals surface area contributed by atoms with Gasteiger partial charge in [0, 0.05) is 0 Å². The Morgan fingerprint density at radius 1 is 0.237 bits per heavy atom. The third-order valence-electron chi connectivity index (χ3n) is 19.8. The molecule has 8 saturated carbocycles. The van der Waals surface area contributed by atoms with Crippen LogP contribution in [0.4, 0.5) is 0 Å². The second-order valence-electron chi connectivity index (χ2n) is 21.5. The minimum atomic E-state index is 0. The minimum absolute atomic E-state index is 0. The van der Waals surface area contributed by atoms with E-state index in [-0.39, 0.29) is 111 Å². The summed E-state index contributed by atoms with van der Waals surface area (Å²) >= 11 is 0. The minimum Gasteiger partial charge on any atom is -0.358 e. The second kappa shape index (κ2) is 32.4. The van der Waals surface area contributed by atoms with E-state index in [2.05, 4.69) is 90.0 Å². The third kappa shape index (κ3) is 16.2. The quantitative estimate of drug-likeness (QED) is 0.168. The van der Waals surface area contributed by atoms with Gasteiger partial charge in [-0.15, -0.1) is 0 Å². The van der Waals surface area contributed by atoms with Gasteiger partial charge in [0.15, 0.2) is 0 Å². The van der Waals surface area contributed by atoms with Crippen LogP contribution in [0.1, 0.15) is 186 Å². The first-order chi connectivity index (χ1) is 23.2. The maximum absolute atomic E-state index is 2.54. The molecular weight excluding hydrogens is 1040 g/mol. The molecule has 8 aliphatic rings. The van der Waals surface area contributed by atoms with Crippen LogP contribution in [-0.2, 0) is 51.7 Å². The van der Waals surface area contributed by atoms with E-state index in [1.54, 1.807) is 64.2 Å². The summed E-state index contributed by atoms with van der Waals surface area (Å²) in [4.78, 5) is 0. The smallest absolute Gasteiger partial charge is 0.358 e. The molecule has 0 amide bonds. The van der Waals surface area contributed by atoms with Crippen LogP contribution in [0.5, 0.6) is 0 Å². The SMILES string of the molecule is CC1C(C)C(C)C(C)C1C.CC1C(C)C(C)C(C)C1C.CC1CC(C)C2C1CCC1CCCCC12.CC1CCC2CCC3CCCCC3C12.[CH3-].[CH3-].[CH3-].[CH3-].[CH3-].[CH3-].[CH3-].[CH3-].[Hf+4].[Hf+4]. The van der Waals surface area contributed by atoms with Gasteiger partial charge in [0.05, 0.1) is 0 Å². The van der Waals surface area contributed by atoms with Crippen molar-refractivity contribution >= 4 is 0 Å². The van der Waals surface area contributed by atoms with Gasteiger partial charge in [0.1, 0.15) is 0 Å². The second-order valence-corrected chi connectivity index (χ2v) is 21.5. The molecule has 350 valence electrons. The Labute approximate surface area is 418 Å². The summed E-state index contributed by atoms with van der Waals surface area (Å²) < 4.78 is 0. The van der Waals surface area contributed by atoms with Crippen LogP contribution in [-0.4, -0.2) is 0 Å².